The highest BCUT2D eigenvalue weighted by atomic mass is 16.4. The Balaban J connectivity index is 2.23. The number of aryl methyl sites for hydroxylation is 1. The van der Waals surface area contributed by atoms with Crippen LogP contribution in [-0.4, -0.2) is 20.6 Å². The molecule has 0 aliphatic heterocycles. The summed E-state index contributed by atoms with van der Waals surface area (Å²) in [5, 5.41) is 11.4. The quantitative estimate of drug-likeness (QED) is 0.774. The highest BCUT2D eigenvalue weighted by Crippen LogP contribution is 2.22. The molecule has 100 valence electrons. The Hall–Kier alpha value is -2.62. The van der Waals surface area contributed by atoms with Crippen LogP contribution in [0, 0.1) is 13.8 Å². The van der Waals surface area contributed by atoms with Crippen LogP contribution in [0.15, 0.2) is 42.5 Å². The number of rotatable bonds is 2. The van der Waals surface area contributed by atoms with Crippen LogP contribution in [0.2, 0.25) is 0 Å². The van der Waals surface area contributed by atoms with Gasteiger partial charge in [0.2, 0.25) is 0 Å². The highest BCUT2D eigenvalue weighted by Gasteiger charge is 2.17. The third-order valence-electron chi connectivity index (χ3n) is 3.47. The van der Waals surface area contributed by atoms with E-state index < -0.39 is 5.97 Å². The molecule has 3 rings (SSSR count). The molecule has 4 heteroatoms. The van der Waals surface area contributed by atoms with Crippen molar-refractivity contribution >= 4 is 16.7 Å². The summed E-state index contributed by atoms with van der Waals surface area (Å²) < 4.78 is 1.87. The number of benzene rings is 2. The zero-order chi connectivity index (χ0) is 14.3. The predicted molar refractivity (Wildman–Crippen MR) is 77.5 cm³/mol. The van der Waals surface area contributed by atoms with Crippen molar-refractivity contribution in [1.82, 2.24) is 9.55 Å². The van der Waals surface area contributed by atoms with Gasteiger partial charge in [0, 0.05) is 5.69 Å². The fourth-order valence-corrected chi connectivity index (χ4v) is 2.54. The lowest BCUT2D eigenvalue weighted by Crippen LogP contribution is -2.02. The van der Waals surface area contributed by atoms with Gasteiger partial charge in [-0.1, -0.05) is 30.3 Å². The van der Waals surface area contributed by atoms with E-state index in [0.717, 1.165) is 16.5 Å². The summed E-state index contributed by atoms with van der Waals surface area (Å²) in [7, 11) is 0. The molecule has 0 saturated heterocycles. The lowest BCUT2D eigenvalue weighted by atomic mass is 10.1. The van der Waals surface area contributed by atoms with E-state index in [1.807, 2.05) is 47.9 Å². The second-order valence-electron chi connectivity index (χ2n) is 4.77. The van der Waals surface area contributed by atoms with Gasteiger partial charge in [0.25, 0.3) is 0 Å². The monoisotopic (exact) mass is 266 g/mol. The van der Waals surface area contributed by atoms with Gasteiger partial charge in [0.15, 0.2) is 5.69 Å². The lowest BCUT2D eigenvalue weighted by molar-refractivity contribution is 0.0690. The van der Waals surface area contributed by atoms with Gasteiger partial charge in [-0.25, -0.2) is 9.78 Å². The number of hydrogen-bond donors (Lipinski definition) is 1. The van der Waals surface area contributed by atoms with E-state index in [1.165, 1.54) is 0 Å². The van der Waals surface area contributed by atoms with Crippen molar-refractivity contribution in [3.63, 3.8) is 0 Å². The van der Waals surface area contributed by atoms with Gasteiger partial charge in [0.1, 0.15) is 5.82 Å². The molecule has 0 amide bonds. The Bertz CT molecular complexity index is 818. The van der Waals surface area contributed by atoms with Crippen molar-refractivity contribution in [1.29, 1.82) is 0 Å². The largest absolute Gasteiger partial charge is 0.476 e. The van der Waals surface area contributed by atoms with Gasteiger partial charge in [-0.05, 0) is 36.8 Å². The number of hydrogen-bond acceptors (Lipinski definition) is 2. The molecule has 0 aliphatic carbocycles. The summed E-state index contributed by atoms with van der Waals surface area (Å²) in [6.45, 7) is 3.59. The zero-order valence-electron chi connectivity index (χ0n) is 11.3. The Morgan fingerprint density at radius 3 is 2.45 bits per heavy atom. The van der Waals surface area contributed by atoms with Gasteiger partial charge in [-0.3, -0.25) is 0 Å². The van der Waals surface area contributed by atoms with Gasteiger partial charge in [-0.15, -0.1) is 0 Å². The molecule has 1 heterocycles. The Kier molecular flexibility index (Phi) is 2.79. The van der Waals surface area contributed by atoms with E-state index in [9.17, 15) is 4.79 Å². The maximum atomic E-state index is 11.2. The predicted octanol–water partition coefficient (Wildman–Crippen LogP) is 3.34. The zero-order valence-corrected chi connectivity index (χ0v) is 11.3. The fraction of sp³-hybridized carbons (Fsp3) is 0.125. The molecule has 0 unspecified atom stereocenters. The molecule has 20 heavy (non-hydrogen) atoms. The minimum absolute atomic E-state index is 0.107. The van der Waals surface area contributed by atoms with Crippen LogP contribution in [0.25, 0.3) is 16.5 Å². The summed E-state index contributed by atoms with van der Waals surface area (Å²) in [6.07, 6.45) is 0. The molecule has 2 aromatic carbocycles. The average molecular weight is 266 g/mol. The third-order valence-corrected chi connectivity index (χ3v) is 3.47. The molecule has 1 aromatic heterocycles. The maximum absolute atomic E-state index is 11.2. The smallest absolute Gasteiger partial charge is 0.356 e. The average Bonchev–Trinajstić information content (AvgIpc) is 2.74. The third kappa shape index (κ3) is 1.86. The summed E-state index contributed by atoms with van der Waals surface area (Å²) in [4.78, 5) is 15.3. The van der Waals surface area contributed by atoms with Crippen molar-refractivity contribution < 1.29 is 9.90 Å². The van der Waals surface area contributed by atoms with Crippen LogP contribution in [0.5, 0.6) is 0 Å². The van der Waals surface area contributed by atoms with E-state index in [-0.39, 0.29) is 5.69 Å². The molecule has 1 N–H and O–H groups in total. The minimum Gasteiger partial charge on any atom is -0.476 e. The molecule has 0 spiro atoms. The van der Waals surface area contributed by atoms with Crippen LogP contribution in [0.4, 0.5) is 0 Å². The SMILES string of the molecule is Cc1nc(C(=O)O)c(C)n1-c1ccc2ccccc2c1. The number of carboxylic acids is 1. The number of imidazole rings is 1. The first-order valence-corrected chi connectivity index (χ1v) is 6.36. The van der Waals surface area contributed by atoms with E-state index in [1.54, 1.807) is 6.92 Å². The molecule has 4 nitrogen and oxygen atoms in total. The lowest BCUT2D eigenvalue weighted by Gasteiger charge is -2.09. The number of aromatic carboxylic acids is 1. The molecule has 3 aromatic rings. The van der Waals surface area contributed by atoms with Crippen molar-refractivity contribution in [2.45, 2.75) is 13.8 Å². The van der Waals surface area contributed by atoms with E-state index in [2.05, 4.69) is 11.1 Å². The fourth-order valence-electron chi connectivity index (χ4n) is 2.54. The molecular weight excluding hydrogens is 252 g/mol. The number of fused-ring (bicyclic) bond motifs is 1. The standard InChI is InChI=1S/C16H14N2O2/c1-10-15(16(19)20)17-11(2)18(10)14-8-7-12-5-3-4-6-13(12)9-14/h3-9H,1-2H3,(H,19,20). The molecule has 0 atom stereocenters. The van der Waals surface area contributed by atoms with Crippen molar-refractivity contribution in [3.05, 3.63) is 59.7 Å². The summed E-state index contributed by atoms with van der Waals surface area (Å²) >= 11 is 0. The van der Waals surface area contributed by atoms with E-state index >= 15 is 0 Å². The molecule has 0 radical (unpaired) electrons. The summed E-state index contributed by atoms with van der Waals surface area (Å²) in [5.74, 6) is -0.319. The summed E-state index contributed by atoms with van der Waals surface area (Å²) in [5.41, 5.74) is 1.68. The number of carbonyl (C=O) groups is 1. The van der Waals surface area contributed by atoms with Gasteiger partial charge < -0.3 is 9.67 Å². The van der Waals surface area contributed by atoms with Crippen LogP contribution in [-0.2, 0) is 0 Å². The van der Waals surface area contributed by atoms with Crippen molar-refractivity contribution in [3.8, 4) is 5.69 Å². The number of nitrogens with zero attached hydrogens (tertiary/aromatic N) is 2. The van der Waals surface area contributed by atoms with E-state index in [4.69, 9.17) is 5.11 Å². The van der Waals surface area contributed by atoms with Crippen molar-refractivity contribution in [2.75, 3.05) is 0 Å². The van der Waals surface area contributed by atoms with Crippen LogP contribution >= 0.6 is 0 Å². The molecule has 0 fully saturated rings. The Morgan fingerprint density at radius 2 is 1.80 bits per heavy atom. The number of carboxylic acid groups (broad SMARTS) is 1. The molecular formula is C16H14N2O2. The summed E-state index contributed by atoms with van der Waals surface area (Å²) in [6, 6.07) is 14.1. The molecule has 0 bridgehead atoms. The second-order valence-corrected chi connectivity index (χ2v) is 4.77. The van der Waals surface area contributed by atoms with Gasteiger partial charge in [0.05, 0.1) is 5.69 Å². The van der Waals surface area contributed by atoms with E-state index in [0.29, 0.717) is 11.5 Å². The Morgan fingerprint density at radius 1 is 1.10 bits per heavy atom. The van der Waals surface area contributed by atoms with Crippen LogP contribution in [0.1, 0.15) is 22.0 Å². The minimum atomic E-state index is -0.995. The normalized spacial score (nSPS) is 10.9. The van der Waals surface area contributed by atoms with Gasteiger partial charge in [-0.2, -0.15) is 0 Å². The number of aromatic nitrogens is 2. The molecule has 0 saturated carbocycles. The first-order chi connectivity index (χ1) is 9.58. The van der Waals surface area contributed by atoms with Gasteiger partial charge >= 0.3 is 5.97 Å². The molecule has 0 aliphatic rings. The van der Waals surface area contributed by atoms with Crippen molar-refractivity contribution in [2.24, 2.45) is 0 Å². The Labute approximate surface area is 116 Å². The highest BCUT2D eigenvalue weighted by molar-refractivity contribution is 5.87. The van der Waals surface area contributed by atoms with Crippen LogP contribution < -0.4 is 0 Å². The van der Waals surface area contributed by atoms with Crippen LogP contribution in [0.3, 0.4) is 0 Å². The first kappa shape index (κ1) is 12.4. The maximum Gasteiger partial charge on any atom is 0.356 e. The topological polar surface area (TPSA) is 55.1 Å². The second kappa shape index (κ2) is 4.49. The first-order valence-electron chi connectivity index (χ1n) is 6.36.